The van der Waals surface area contributed by atoms with Gasteiger partial charge in [0.25, 0.3) is 11.1 Å². The van der Waals surface area contributed by atoms with Crippen molar-refractivity contribution in [2.24, 2.45) is 5.92 Å². The Morgan fingerprint density at radius 3 is 2.74 bits per heavy atom. The highest BCUT2D eigenvalue weighted by Crippen LogP contribution is 2.16. The van der Waals surface area contributed by atoms with E-state index in [4.69, 9.17) is 5.11 Å². The first-order chi connectivity index (χ1) is 8.97. The van der Waals surface area contributed by atoms with Crippen LogP contribution in [-0.2, 0) is 16.1 Å². The van der Waals surface area contributed by atoms with Gasteiger partial charge in [-0.1, -0.05) is 0 Å². The summed E-state index contributed by atoms with van der Waals surface area (Å²) in [5, 5.41) is 11.1. The number of H-pyrrole nitrogens is 1. The maximum atomic E-state index is 11.9. The number of aromatic amines is 1. The second-order valence-electron chi connectivity index (χ2n) is 4.40. The SMILES string of the molecule is O=C(O)C1CCN(C(=O)Cn2[nH]c(=O)ccc2=O)C1. The van der Waals surface area contributed by atoms with Crippen molar-refractivity contribution in [3.8, 4) is 0 Å². The highest BCUT2D eigenvalue weighted by atomic mass is 16.4. The molecular weight excluding hydrogens is 254 g/mol. The van der Waals surface area contributed by atoms with Crippen LogP contribution < -0.4 is 11.1 Å². The average Bonchev–Trinajstić information content (AvgIpc) is 2.83. The van der Waals surface area contributed by atoms with E-state index >= 15 is 0 Å². The molecular formula is C11H13N3O5. The van der Waals surface area contributed by atoms with E-state index in [1.54, 1.807) is 0 Å². The molecule has 102 valence electrons. The lowest BCUT2D eigenvalue weighted by Gasteiger charge is -2.16. The van der Waals surface area contributed by atoms with Gasteiger partial charge < -0.3 is 10.0 Å². The number of amides is 1. The van der Waals surface area contributed by atoms with Crippen LogP contribution in [0.15, 0.2) is 21.7 Å². The van der Waals surface area contributed by atoms with Gasteiger partial charge in [-0.3, -0.25) is 24.3 Å². The molecule has 1 atom stereocenters. The molecule has 1 saturated heterocycles. The predicted octanol–water partition coefficient (Wildman–Crippen LogP) is -1.53. The molecule has 0 saturated carbocycles. The number of hydrogen-bond donors (Lipinski definition) is 2. The average molecular weight is 267 g/mol. The first-order valence-electron chi connectivity index (χ1n) is 5.78. The van der Waals surface area contributed by atoms with Crippen molar-refractivity contribution in [3.63, 3.8) is 0 Å². The Labute approximate surface area is 107 Å². The van der Waals surface area contributed by atoms with Gasteiger partial charge in [-0.15, -0.1) is 0 Å². The molecule has 2 heterocycles. The summed E-state index contributed by atoms with van der Waals surface area (Å²) in [6.45, 7) is 0.197. The largest absolute Gasteiger partial charge is 0.481 e. The molecule has 0 radical (unpaired) electrons. The first-order valence-corrected chi connectivity index (χ1v) is 5.78. The third-order valence-corrected chi connectivity index (χ3v) is 3.07. The molecule has 1 aliphatic heterocycles. The van der Waals surface area contributed by atoms with E-state index < -0.39 is 23.0 Å². The molecule has 2 N–H and O–H groups in total. The molecule has 2 rings (SSSR count). The number of aliphatic carboxylic acids is 1. The summed E-state index contributed by atoms with van der Waals surface area (Å²) < 4.78 is 0.915. The van der Waals surface area contributed by atoms with E-state index in [0.29, 0.717) is 13.0 Å². The number of carboxylic acids is 1. The third kappa shape index (κ3) is 2.90. The van der Waals surface area contributed by atoms with Crippen LogP contribution in [0.2, 0.25) is 0 Å². The van der Waals surface area contributed by atoms with Crippen molar-refractivity contribution >= 4 is 11.9 Å². The Kier molecular flexibility index (Phi) is 3.50. The number of nitrogens with one attached hydrogen (secondary N) is 1. The van der Waals surface area contributed by atoms with Crippen LogP contribution >= 0.6 is 0 Å². The summed E-state index contributed by atoms with van der Waals surface area (Å²) in [6.07, 6.45) is 0.404. The lowest BCUT2D eigenvalue weighted by molar-refractivity contribution is -0.141. The van der Waals surface area contributed by atoms with Gasteiger partial charge in [0.2, 0.25) is 5.91 Å². The quantitative estimate of drug-likeness (QED) is 0.690. The van der Waals surface area contributed by atoms with Crippen molar-refractivity contribution < 1.29 is 14.7 Å². The zero-order valence-corrected chi connectivity index (χ0v) is 10.0. The van der Waals surface area contributed by atoms with Crippen LogP contribution in [0.1, 0.15) is 6.42 Å². The minimum Gasteiger partial charge on any atom is -0.481 e. The van der Waals surface area contributed by atoms with Gasteiger partial charge in [0, 0.05) is 25.2 Å². The standard InChI is InChI=1S/C11H13N3O5/c15-8-1-2-9(16)14(12-8)6-10(17)13-4-3-7(5-13)11(18)19/h1-2,7H,3-6H2,(H,12,15)(H,18,19). The van der Waals surface area contributed by atoms with Gasteiger partial charge in [-0.25, -0.2) is 4.68 Å². The molecule has 8 nitrogen and oxygen atoms in total. The lowest BCUT2D eigenvalue weighted by atomic mass is 10.1. The molecule has 19 heavy (non-hydrogen) atoms. The van der Waals surface area contributed by atoms with E-state index in [0.717, 1.165) is 16.8 Å². The smallest absolute Gasteiger partial charge is 0.308 e. The van der Waals surface area contributed by atoms with Crippen molar-refractivity contribution in [1.82, 2.24) is 14.7 Å². The summed E-state index contributed by atoms with van der Waals surface area (Å²) in [7, 11) is 0. The van der Waals surface area contributed by atoms with Gasteiger partial charge in [0.15, 0.2) is 0 Å². The summed E-state index contributed by atoms with van der Waals surface area (Å²) >= 11 is 0. The van der Waals surface area contributed by atoms with Crippen LogP contribution in [-0.4, -0.2) is 44.8 Å². The summed E-state index contributed by atoms with van der Waals surface area (Å²) in [4.78, 5) is 46.6. The monoisotopic (exact) mass is 267 g/mol. The Bertz CT molecular complexity index is 617. The molecule has 1 unspecified atom stereocenters. The first kappa shape index (κ1) is 13.1. The zero-order valence-electron chi connectivity index (χ0n) is 10.0. The normalized spacial score (nSPS) is 18.5. The summed E-state index contributed by atoms with van der Waals surface area (Å²) in [5.74, 6) is -1.87. The number of carbonyl (C=O) groups excluding carboxylic acids is 1. The molecule has 1 amide bonds. The van der Waals surface area contributed by atoms with Gasteiger partial charge in [0.05, 0.1) is 5.92 Å². The van der Waals surface area contributed by atoms with Crippen LogP contribution in [0.25, 0.3) is 0 Å². The summed E-state index contributed by atoms with van der Waals surface area (Å²) in [6, 6.07) is 2.16. The van der Waals surface area contributed by atoms with Crippen molar-refractivity contribution in [1.29, 1.82) is 0 Å². The molecule has 8 heteroatoms. The lowest BCUT2D eigenvalue weighted by Crippen LogP contribution is -2.38. The van der Waals surface area contributed by atoms with E-state index in [-0.39, 0.29) is 19.0 Å². The van der Waals surface area contributed by atoms with Crippen LogP contribution in [0.5, 0.6) is 0 Å². The van der Waals surface area contributed by atoms with Crippen LogP contribution in [0, 0.1) is 5.92 Å². The fourth-order valence-corrected chi connectivity index (χ4v) is 2.00. The molecule has 0 bridgehead atoms. The van der Waals surface area contributed by atoms with Gasteiger partial charge in [0.1, 0.15) is 6.54 Å². The highest BCUT2D eigenvalue weighted by Gasteiger charge is 2.30. The number of rotatable bonds is 3. The summed E-state index contributed by atoms with van der Waals surface area (Å²) in [5.41, 5.74) is -0.959. The fourth-order valence-electron chi connectivity index (χ4n) is 2.00. The number of carbonyl (C=O) groups is 2. The molecule has 1 aromatic rings. The Balaban J connectivity index is 2.06. The second kappa shape index (κ2) is 5.09. The Morgan fingerprint density at radius 1 is 1.37 bits per heavy atom. The topological polar surface area (TPSA) is 112 Å². The number of aromatic nitrogens is 2. The van der Waals surface area contributed by atoms with E-state index in [1.807, 2.05) is 0 Å². The highest BCUT2D eigenvalue weighted by molar-refractivity contribution is 5.78. The van der Waals surface area contributed by atoms with Crippen LogP contribution in [0.3, 0.4) is 0 Å². The number of hydrogen-bond acceptors (Lipinski definition) is 4. The molecule has 0 spiro atoms. The molecule has 1 aliphatic rings. The third-order valence-electron chi connectivity index (χ3n) is 3.07. The van der Waals surface area contributed by atoms with E-state index in [9.17, 15) is 19.2 Å². The number of likely N-dealkylation sites (tertiary alicyclic amines) is 1. The number of carboxylic acid groups (broad SMARTS) is 1. The molecule has 0 aromatic carbocycles. The predicted molar refractivity (Wildman–Crippen MR) is 63.6 cm³/mol. The van der Waals surface area contributed by atoms with Crippen LogP contribution in [0.4, 0.5) is 0 Å². The van der Waals surface area contributed by atoms with Gasteiger partial charge in [-0.2, -0.15) is 0 Å². The zero-order chi connectivity index (χ0) is 14.0. The minimum absolute atomic E-state index is 0.139. The molecule has 0 aliphatic carbocycles. The Morgan fingerprint density at radius 2 is 2.11 bits per heavy atom. The van der Waals surface area contributed by atoms with Gasteiger partial charge in [-0.05, 0) is 6.42 Å². The maximum absolute atomic E-state index is 11.9. The number of nitrogens with zero attached hydrogens (tertiary/aromatic N) is 2. The van der Waals surface area contributed by atoms with Crippen molar-refractivity contribution in [3.05, 3.63) is 32.8 Å². The van der Waals surface area contributed by atoms with E-state index in [1.165, 1.54) is 4.90 Å². The minimum atomic E-state index is -0.930. The maximum Gasteiger partial charge on any atom is 0.308 e. The molecule has 1 aromatic heterocycles. The van der Waals surface area contributed by atoms with Crippen molar-refractivity contribution in [2.75, 3.05) is 13.1 Å². The van der Waals surface area contributed by atoms with Gasteiger partial charge >= 0.3 is 5.97 Å². The second-order valence-corrected chi connectivity index (χ2v) is 4.40. The van der Waals surface area contributed by atoms with E-state index in [2.05, 4.69) is 5.10 Å². The van der Waals surface area contributed by atoms with Crippen molar-refractivity contribution in [2.45, 2.75) is 13.0 Å². The Hall–Kier alpha value is -2.38. The molecule has 1 fully saturated rings. The fraction of sp³-hybridized carbons (Fsp3) is 0.455.